The molecule has 0 heterocycles. The second-order valence-corrected chi connectivity index (χ2v) is 7.93. The fourth-order valence-corrected chi connectivity index (χ4v) is 4.35. The van der Waals surface area contributed by atoms with Crippen molar-refractivity contribution in [2.24, 2.45) is 5.92 Å². The third kappa shape index (κ3) is 4.83. The maximum absolute atomic E-state index is 6.51. The minimum atomic E-state index is -0.525. The number of hydrogen-bond acceptors (Lipinski definition) is 5. The minimum absolute atomic E-state index is 0.166. The van der Waals surface area contributed by atoms with Gasteiger partial charge < -0.3 is 19.1 Å². The average Bonchev–Trinajstić information content (AvgIpc) is 2.70. The molecule has 0 amide bonds. The lowest BCUT2D eigenvalue weighted by Gasteiger charge is -2.45. The molecule has 2 aromatic carbocycles. The van der Waals surface area contributed by atoms with Gasteiger partial charge in [-0.1, -0.05) is 36.8 Å². The molecular weight excluding hydrogens is 370 g/mol. The summed E-state index contributed by atoms with van der Waals surface area (Å²) in [5, 5.41) is 0.166. The second kappa shape index (κ2) is 9.39. The quantitative estimate of drug-likeness (QED) is 0.637. The molecule has 1 aliphatic rings. The van der Waals surface area contributed by atoms with E-state index in [1.54, 1.807) is 7.11 Å². The van der Waals surface area contributed by atoms with Crippen molar-refractivity contribution in [3.63, 3.8) is 0 Å². The van der Waals surface area contributed by atoms with Gasteiger partial charge in [0.1, 0.15) is 17.1 Å². The van der Waals surface area contributed by atoms with E-state index >= 15 is 0 Å². The van der Waals surface area contributed by atoms with Crippen LogP contribution in [0.25, 0.3) is 0 Å². The Labute approximate surface area is 173 Å². The SMILES string of the molecule is COc1cccc([C@@]2(OC(=S)Oc3ccccc3)CCCC[C@H]2CN(C)C)c1. The first-order valence-corrected chi connectivity index (χ1v) is 10.2. The van der Waals surface area contributed by atoms with Crippen LogP contribution in [-0.2, 0) is 10.3 Å². The zero-order valence-electron chi connectivity index (χ0n) is 16.9. The van der Waals surface area contributed by atoms with Crippen molar-refractivity contribution in [3.05, 3.63) is 60.2 Å². The van der Waals surface area contributed by atoms with Gasteiger partial charge in [0.15, 0.2) is 0 Å². The molecule has 0 aliphatic heterocycles. The topological polar surface area (TPSA) is 30.9 Å². The van der Waals surface area contributed by atoms with Gasteiger partial charge in [-0.05, 0) is 63.2 Å². The molecule has 2 aromatic rings. The monoisotopic (exact) mass is 399 g/mol. The van der Waals surface area contributed by atoms with Gasteiger partial charge in [-0.3, -0.25) is 0 Å². The predicted molar refractivity (Wildman–Crippen MR) is 116 cm³/mol. The van der Waals surface area contributed by atoms with Crippen molar-refractivity contribution in [3.8, 4) is 11.5 Å². The summed E-state index contributed by atoms with van der Waals surface area (Å²) in [7, 11) is 5.89. The normalized spacial score (nSPS) is 21.9. The summed E-state index contributed by atoms with van der Waals surface area (Å²) in [4.78, 5) is 2.22. The highest BCUT2D eigenvalue weighted by Gasteiger charge is 2.46. The summed E-state index contributed by atoms with van der Waals surface area (Å²) >= 11 is 5.53. The first kappa shape index (κ1) is 20.6. The Bertz CT molecular complexity index is 780. The number of para-hydroxylation sites is 1. The summed E-state index contributed by atoms with van der Waals surface area (Å²) in [6, 6.07) is 17.7. The highest BCUT2D eigenvalue weighted by molar-refractivity contribution is 7.79. The van der Waals surface area contributed by atoms with Crippen LogP contribution in [0, 0.1) is 5.92 Å². The summed E-state index contributed by atoms with van der Waals surface area (Å²) < 4.78 is 17.8. The molecule has 1 aliphatic carbocycles. The van der Waals surface area contributed by atoms with Crippen molar-refractivity contribution in [1.29, 1.82) is 0 Å². The lowest BCUT2D eigenvalue weighted by molar-refractivity contribution is -0.0589. The minimum Gasteiger partial charge on any atom is -0.497 e. The van der Waals surface area contributed by atoms with E-state index in [0.29, 0.717) is 11.7 Å². The molecule has 1 saturated carbocycles. The molecule has 1 fully saturated rings. The summed E-state index contributed by atoms with van der Waals surface area (Å²) in [6.45, 7) is 0.922. The van der Waals surface area contributed by atoms with E-state index in [1.807, 2.05) is 42.5 Å². The van der Waals surface area contributed by atoms with Gasteiger partial charge in [-0.25, -0.2) is 0 Å². The number of methoxy groups -OCH3 is 1. The number of ether oxygens (including phenoxy) is 3. The number of nitrogens with zero attached hydrogens (tertiary/aromatic N) is 1. The van der Waals surface area contributed by atoms with Crippen LogP contribution in [0.5, 0.6) is 11.5 Å². The molecule has 28 heavy (non-hydrogen) atoms. The molecule has 0 N–H and O–H groups in total. The van der Waals surface area contributed by atoms with Crippen molar-refractivity contribution in [2.45, 2.75) is 31.3 Å². The van der Waals surface area contributed by atoms with E-state index in [-0.39, 0.29) is 5.24 Å². The fourth-order valence-electron chi connectivity index (χ4n) is 4.11. The van der Waals surface area contributed by atoms with Gasteiger partial charge in [0.2, 0.25) is 0 Å². The number of hydrogen-bond donors (Lipinski definition) is 0. The number of thiocarbonyl (C=S) groups is 1. The first-order valence-electron chi connectivity index (χ1n) is 9.78. The van der Waals surface area contributed by atoms with Gasteiger partial charge in [-0.2, -0.15) is 0 Å². The van der Waals surface area contributed by atoms with E-state index in [9.17, 15) is 0 Å². The molecule has 0 spiro atoms. The van der Waals surface area contributed by atoms with Crippen LogP contribution in [0.2, 0.25) is 0 Å². The first-order chi connectivity index (χ1) is 13.5. The van der Waals surface area contributed by atoms with Crippen LogP contribution >= 0.6 is 12.2 Å². The van der Waals surface area contributed by atoms with Gasteiger partial charge in [0, 0.05) is 24.7 Å². The van der Waals surface area contributed by atoms with Gasteiger partial charge in [-0.15, -0.1) is 0 Å². The molecule has 3 rings (SSSR count). The van der Waals surface area contributed by atoms with Gasteiger partial charge >= 0.3 is 5.24 Å². The molecule has 150 valence electrons. The van der Waals surface area contributed by atoms with E-state index in [4.69, 9.17) is 26.4 Å². The Morgan fingerprint density at radius 2 is 1.82 bits per heavy atom. The van der Waals surface area contributed by atoms with Crippen LogP contribution in [0.4, 0.5) is 0 Å². The zero-order valence-corrected chi connectivity index (χ0v) is 17.7. The lowest BCUT2D eigenvalue weighted by Crippen LogP contribution is -2.46. The van der Waals surface area contributed by atoms with Crippen LogP contribution in [0.15, 0.2) is 54.6 Å². The highest BCUT2D eigenvalue weighted by Crippen LogP contribution is 2.46. The Hall–Kier alpha value is -2.11. The Balaban J connectivity index is 1.94. The van der Waals surface area contributed by atoms with E-state index in [2.05, 4.69) is 31.1 Å². The largest absolute Gasteiger partial charge is 0.497 e. The standard InChI is InChI=1S/C23H29NO3S/c1-24(2)17-19-10-7-8-15-23(19,18-11-9-14-21(16-18)25-3)27-22(28)26-20-12-5-4-6-13-20/h4-6,9,11-14,16,19H,7-8,10,15,17H2,1-3H3/t19-,23-/m0/s1. The molecule has 0 radical (unpaired) electrons. The van der Waals surface area contributed by atoms with Crippen molar-refractivity contribution in [1.82, 2.24) is 4.90 Å². The second-order valence-electron chi connectivity index (χ2n) is 7.59. The van der Waals surface area contributed by atoms with Crippen LogP contribution < -0.4 is 9.47 Å². The van der Waals surface area contributed by atoms with Crippen LogP contribution in [0.1, 0.15) is 31.2 Å². The molecule has 0 saturated heterocycles. The average molecular weight is 400 g/mol. The van der Waals surface area contributed by atoms with Gasteiger partial charge in [0.25, 0.3) is 0 Å². The van der Waals surface area contributed by atoms with Crippen molar-refractivity contribution >= 4 is 17.5 Å². The number of rotatable bonds is 6. The van der Waals surface area contributed by atoms with E-state index < -0.39 is 5.60 Å². The maximum Gasteiger partial charge on any atom is 0.358 e. The Kier molecular flexibility index (Phi) is 6.92. The Morgan fingerprint density at radius 3 is 2.54 bits per heavy atom. The Morgan fingerprint density at radius 1 is 1.07 bits per heavy atom. The van der Waals surface area contributed by atoms with Crippen LogP contribution in [0.3, 0.4) is 0 Å². The van der Waals surface area contributed by atoms with Crippen molar-refractivity contribution < 1.29 is 14.2 Å². The van der Waals surface area contributed by atoms with E-state index in [0.717, 1.165) is 37.1 Å². The molecular formula is C23H29NO3S. The highest BCUT2D eigenvalue weighted by atomic mass is 32.1. The predicted octanol–water partition coefficient (Wildman–Crippen LogP) is 5.02. The third-order valence-corrected chi connectivity index (χ3v) is 5.53. The molecule has 0 aromatic heterocycles. The van der Waals surface area contributed by atoms with E-state index in [1.165, 1.54) is 6.42 Å². The summed E-state index contributed by atoms with van der Waals surface area (Å²) in [5.41, 5.74) is 0.570. The fraction of sp³-hybridized carbons (Fsp3) is 0.435. The molecule has 2 atom stereocenters. The third-order valence-electron chi connectivity index (χ3n) is 5.36. The zero-order chi connectivity index (χ0) is 20.0. The smallest absolute Gasteiger partial charge is 0.358 e. The molecule has 0 unspecified atom stereocenters. The summed E-state index contributed by atoms with van der Waals surface area (Å²) in [6.07, 6.45) is 4.27. The maximum atomic E-state index is 6.51. The number of benzene rings is 2. The molecule has 5 heteroatoms. The molecule has 4 nitrogen and oxygen atoms in total. The van der Waals surface area contributed by atoms with Gasteiger partial charge in [0.05, 0.1) is 7.11 Å². The molecule has 0 bridgehead atoms. The lowest BCUT2D eigenvalue weighted by atomic mass is 9.71. The van der Waals surface area contributed by atoms with Crippen LogP contribution in [-0.4, -0.2) is 37.9 Å². The van der Waals surface area contributed by atoms with Crippen molar-refractivity contribution in [2.75, 3.05) is 27.7 Å². The summed E-state index contributed by atoms with van der Waals surface area (Å²) in [5.74, 6) is 1.82.